The van der Waals surface area contributed by atoms with Crippen molar-refractivity contribution in [1.82, 2.24) is 14.9 Å². The van der Waals surface area contributed by atoms with Gasteiger partial charge in [0.1, 0.15) is 11.5 Å². The minimum atomic E-state index is -0.0605. The van der Waals surface area contributed by atoms with Gasteiger partial charge in [0.25, 0.3) is 5.91 Å². The molecule has 0 radical (unpaired) electrons. The second kappa shape index (κ2) is 7.19. The molecule has 1 N–H and O–H groups in total. The molecule has 1 unspecified atom stereocenters. The molecule has 6 nitrogen and oxygen atoms in total. The Bertz CT molecular complexity index is 435. The average Bonchev–Trinajstić information content (AvgIpc) is 2.52. The molecule has 0 aromatic carbocycles. The molecule has 1 amide bonds. The zero-order chi connectivity index (χ0) is 14.4. The van der Waals surface area contributed by atoms with Crippen LogP contribution >= 0.6 is 0 Å². The van der Waals surface area contributed by atoms with Crippen LogP contribution in [0.3, 0.4) is 0 Å². The first-order chi connectivity index (χ1) is 9.76. The van der Waals surface area contributed by atoms with Gasteiger partial charge >= 0.3 is 0 Å². The van der Waals surface area contributed by atoms with Crippen molar-refractivity contribution in [3.05, 3.63) is 18.1 Å². The lowest BCUT2D eigenvalue weighted by Crippen LogP contribution is -2.48. The van der Waals surface area contributed by atoms with Gasteiger partial charge in [-0.2, -0.15) is 0 Å². The minimum absolute atomic E-state index is 0.0605. The number of carbonyl (C=O) groups excluding carboxylic acids is 1. The minimum Gasteiger partial charge on any atom is -0.377 e. The van der Waals surface area contributed by atoms with E-state index in [-0.39, 0.29) is 11.9 Å². The third-order valence-corrected chi connectivity index (χ3v) is 3.39. The highest BCUT2D eigenvalue weighted by molar-refractivity contribution is 5.92. The SMILES string of the molecule is CCCNc1cnc(C(=O)N2CCOCC2CC)cn1. The van der Waals surface area contributed by atoms with Gasteiger partial charge in [-0.15, -0.1) is 0 Å². The van der Waals surface area contributed by atoms with Gasteiger partial charge in [-0.3, -0.25) is 4.79 Å². The number of ether oxygens (including phenoxy) is 1. The van der Waals surface area contributed by atoms with Crippen LogP contribution in [-0.4, -0.2) is 53.1 Å². The van der Waals surface area contributed by atoms with Crippen LogP contribution in [0.1, 0.15) is 37.2 Å². The van der Waals surface area contributed by atoms with Crippen molar-refractivity contribution in [1.29, 1.82) is 0 Å². The van der Waals surface area contributed by atoms with Crippen molar-refractivity contribution in [2.24, 2.45) is 0 Å². The highest BCUT2D eigenvalue weighted by Crippen LogP contribution is 2.14. The van der Waals surface area contributed by atoms with Gasteiger partial charge < -0.3 is 15.0 Å². The van der Waals surface area contributed by atoms with Crippen molar-refractivity contribution in [3.63, 3.8) is 0 Å². The monoisotopic (exact) mass is 278 g/mol. The Kier molecular flexibility index (Phi) is 5.29. The number of nitrogens with one attached hydrogen (secondary N) is 1. The molecule has 2 heterocycles. The van der Waals surface area contributed by atoms with Crippen LogP contribution < -0.4 is 5.32 Å². The average molecular weight is 278 g/mol. The van der Waals surface area contributed by atoms with Gasteiger partial charge in [0, 0.05) is 13.1 Å². The summed E-state index contributed by atoms with van der Waals surface area (Å²) in [6.45, 7) is 6.81. The van der Waals surface area contributed by atoms with Gasteiger partial charge in [-0.25, -0.2) is 9.97 Å². The van der Waals surface area contributed by atoms with E-state index in [4.69, 9.17) is 4.74 Å². The smallest absolute Gasteiger partial charge is 0.274 e. The fourth-order valence-electron chi connectivity index (χ4n) is 2.19. The lowest BCUT2D eigenvalue weighted by Gasteiger charge is -2.34. The summed E-state index contributed by atoms with van der Waals surface area (Å²) < 4.78 is 5.41. The number of anilines is 1. The lowest BCUT2D eigenvalue weighted by molar-refractivity contribution is -0.00312. The van der Waals surface area contributed by atoms with Crippen LogP contribution in [0.15, 0.2) is 12.4 Å². The van der Waals surface area contributed by atoms with Gasteiger partial charge in [-0.05, 0) is 12.8 Å². The maximum atomic E-state index is 12.4. The molecule has 0 bridgehead atoms. The first-order valence-corrected chi connectivity index (χ1v) is 7.20. The molecular formula is C14H22N4O2. The summed E-state index contributed by atoms with van der Waals surface area (Å²) in [5.41, 5.74) is 0.396. The van der Waals surface area contributed by atoms with Crippen molar-refractivity contribution < 1.29 is 9.53 Å². The van der Waals surface area contributed by atoms with Crippen molar-refractivity contribution in [2.75, 3.05) is 31.6 Å². The molecule has 0 saturated carbocycles. The van der Waals surface area contributed by atoms with Gasteiger partial charge in [0.2, 0.25) is 0 Å². The first-order valence-electron chi connectivity index (χ1n) is 7.20. The first kappa shape index (κ1) is 14.7. The van der Waals surface area contributed by atoms with E-state index in [1.807, 2.05) is 4.90 Å². The maximum Gasteiger partial charge on any atom is 0.274 e. The van der Waals surface area contributed by atoms with E-state index < -0.39 is 0 Å². The Morgan fingerprint density at radius 1 is 1.45 bits per heavy atom. The molecule has 1 aromatic heterocycles. The second-order valence-electron chi connectivity index (χ2n) is 4.85. The van der Waals surface area contributed by atoms with Crippen LogP contribution in [0.25, 0.3) is 0 Å². The van der Waals surface area contributed by atoms with E-state index in [9.17, 15) is 4.79 Å². The van der Waals surface area contributed by atoms with Crippen molar-refractivity contribution in [3.8, 4) is 0 Å². The number of carbonyl (C=O) groups is 1. The normalized spacial score (nSPS) is 18.9. The van der Waals surface area contributed by atoms with E-state index >= 15 is 0 Å². The van der Waals surface area contributed by atoms with E-state index in [0.717, 1.165) is 19.4 Å². The molecule has 0 aliphatic carbocycles. The zero-order valence-corrected chi connectivity index (χ0v) is 12.1. The molecule has 0 spiro atoms. The van der Waals surface area contributed by atoms with E-state index in [1.54, 1.807) is 12.4 Å². The number of amides is 1. The van der Waals surface area contributed by atoms with Crippen LogP contribution in [0.5, 0.6) is 0 Å². The molecule has 6 heteroatoms. The van der Waals surface area contributed by atoms with Crippen LogP contribution in [0, 0.1) is 0 Å². The highest BCUT2D eigenvalue weighted by Gasteiger charge is 2.27. The van der Waals surface area contributed by atoms with Crippen molar-refractivity contribution >= 4 is 11.7 Å². The summed E-state index contributed by atoms with van der Waals surface area (Å²) in [6, 6.07) is 0.135. The Morgan fingerprint density at radius 3 is 2.95 bits per heavy atom. The van der Waals surface area contributed by atoms with Crippen LogP contribution in [0.4, 0.5) is 5.82 Å². The number of hydrogen-bond acceptors (Lipinski definition) is 5. The molecule has 1 aromatic rings. The predicted molar refractivity (Wildman–Crippen MR) is 76.7 cm³/mol. The number of rotatable bonds is 5. The summed E-state index contributed by atoms with van der Waals surface area (Å²) in [5.74, 6) is 0.645. The topological polar surface area (TPSA) is 67.4 Å². The summed E-state index contributed by atoms with van der Waals surface area (Å²) in [4.78, 5) is 22.7. The maximum absolute atomic E-state index is 12.4. The molecule has 1 aliphatic rings. The fraction of sp³-hybridized carbons (Fsp3) is 0.643. The molecule has 110 valence electrons. The Morgan fingerprint density at radius 2 is 2.30 bits per heavy atom. The van der Waals surface area contributed by atoms with Gasteiger partial charge in [0.15, 0.2) is 0 Å². The molecule has 2 rings (SSSR count). The van der Waals surface area contributed by atoms with Crippen molar-refractivity contribution in [2.45, 2.75) is 32.7 Å². The highest BCUT2D eigenvalue weighted by atomic mass is 16.5. The standard InChI is InChI=1S/C14H22N4O2/c1-3-5-15-13-9-16-12(8-17-13)14(19)18-6-7-20-10-11(18)4-2/h8-9,11H,3-7,10H2,1-2H3,(H,15,17). The van der Waals surface area contributed by atoms with E-state index in [1.165, 1.54) is 0 Å². The molecule has 1 atom stereocenters. The molecule has 1 aliphatic heterocycles. The zero-order valence-electron chi connectivity index (χ0n) is 12.1. The Labute approximate surface area is 119 Å². The molecular weight excluding hydrogens is 256 g/mol. The number of nitrogens with zero attached hydrogens (tertiary/aromatic N) is 3. The molecule has 20 heavy (non-hydrogen) atoms. The lowest BCUT2D eigenvalue weighted by atomic mass is 10.1. The molecule has 1 fully saturated rings. The summed E-state index contributed by atoms with van der Waals surface area (Å²) in [5, 5.41) is 3.14. The largest absolute Gasteiger partial charge is 0.377 e. The number of hydrogen-bond donors (Lipinski definition) is 1. The van der Waals surface area contributed by atoms with E-state index in [2.05, 4.69) is 29.1 Å². The fourth-order valence-corrected chi connectivity index (χ4v) is 2.19. The van der Waals surface area contributed by atoms with Gasteiger partial charge in [-0.1, -0.05) is 13.8 Å². The third kappa shape index (κ3) is 3.45. The quantitative estimate of drug-likeness (QED) is 0.885. The predicted octanol–water partition coefficient (Wildman–Crippen LogP) is 1.55. The Hall–Kier alpha value is -1.69. The second-order valence-corrected chi connectivity index (χ2v) is 4.85. The molecule has 1 saturated heterocycles. The summed E-state index contributed by atoms with van der Waals surface area (Å²) >= 11 is 0. The van der Waals surface area contributed by atoms with E-state index in [0.29, 0.717) is 31.3 Å². The summed E-state index contributed by atoms with van der Waals surface area (Å²) in [7, 11) is 0. The number of morpholine rings is 1. The summed E-state index contributed by atoms with van der Waals surface area (Å²) in [6.07, 6.45) is 5.07. The van der Waals surface area contributed by atoms with Gasteiger partial charge in [0.05, 0.1) is 31.6 Å². The third-order valence-electron chi connectivity index (χ3n) is 3.39. The van der Waals surface area contributed by atoms with Crippen LogP contribution in [0.2, 0.25) is 0 Å². The number of aromatic nitrogens is 2. The van der Waals surface area contributed by atoms with Crippen LogP contribution in [-0.2, 0) is 4.74 Å². The Balaban J connectivity index is 2.04.